The molecule has 5 heteroatoms. The molecule has 1 aliphatic heterocycles. The van der Waals surface area contributed by atoms with E-state index >= 15 is 0 Å². The van der Waals surface area contributed by atoms with E-state index in [1.807, 2.05) is 47.4 Å². The maximum Gasteiger partial charge on any atom is 0.253 e. The van der Waals surface area contributed by atoms with Crippen molar-refractivity contribution in [2.75, 3.05) is 33.3 Å². The van der Waals surface area contributed by atoms with Gasteiger partial charge < -0.3 is 9.64 Å². The Labute approximate surface area is 151 Å². The van der Waals surface area contributed by atoms with Crippen molar-refractivity contribution in [2.45, 2.75) is 6.54 Å². The van der Waals surface area contributed by atoms with Crippen LogP contribution in [0.25, 0.3) is 0 Å². The van der Waals surface area contributed by atoms with Crippen molar-refractivity contribution in [2.24, 2.45) is 0 Å². The van der Waals surface area contributed by atoms with Gasteiger partial charge in [0.05, 0.1) is 7.11 Å². The van der Waals surface area contributed by atoms with Crippen molar-refractivity contribution in [3.05, 3.63) is 64.1 Å². The number of nitrogens with zero attached hydrogens (tertiary/aromatic N) is 2. The normalized spacial score (nSPS) is 15.3. The summed E-state index contributed by atoms with van der Waals surface area (Å²) < 4.78 is 6.41. The zero-order chi connectivity index (χ0) is 16.9. The van der Waals surface area contributed by atoms with E-state index in [9.17, 15) is 4.79 Å². The van der Waals surface area contributed by atoms with Crippen molar-refractivity contribution in [3.8, 4) is 5.75 Å². The van der Waals surface area contributed by atoms with Gasteiger partial charge >= 0.3 is 0 Å². The lowest BCUT2D eigenvalue weighted by molar-refractivity contribution is 0.0627. The molecule has 0 aliphatic carbocycles. The Balaban J connectivity index is 1.57. The van der Waals surface area contributed by atoms with Gasteiger partial charge in [0.15, 0.2) is 0 Å². The number of rotatable bonds is 4. The molecule has 2 aromatic rings. The summed E-state index contributed by atoms with van der Waals surface area (Å²) in [6, 6.07) is 15.7. The predicted molar refractivity (Wildman–Crippen MR) is 98.3 cm³/mol. The number of carbonyl (C=O) groups excluding carboxylic acids is 1. The summed E-state index contributed by atoms with van der Waals surface area (Å²) in [5.74, 6) is 1.03. The van der Waals surface area contributed by atoms with Crippen molar-refractivity contribution >= 4 is 21.8 Å². The molecule has 4 nitrogen and oxygen atoms in total. The molecule has 1 heterocycles. The SMILES string of the molecule is COc1ccccc1CN1CCN(C(=O)c2ccc(Br)cc2)CC1. The minimum absolute atomic E-state index is 0.111. The standard InChI is InChI=1S/C19H21BrN2O2/c1-24-18-5-3-2-4-16(18)14-21-10-12-22(13-11-21)19(23)15-6-8-17(20)9-7-15/h2-9H,10-14H2,1H3. The molecular formula is C19H21BrN2O2. The number of ether oxygens (including phenoxy) is 1. The second kappa shape index (κ2) is 7.81. The highest BCUT2D eigenvalue weighted by Crippen LogP contribution is 2.20. The summed E-state index contributed by atoms with van der Waals surface area (Å²) in [5.41, 5.74) is 1.93. The number of carbonyl (C=O) groups is 1. The lowest BCUT2D eigenvalue weighted by Crippen LogP contribution is -2.48. The quantitative estimate of drug-likeness (QED) is 0.804. The van der Waals surface area contributed by atoms with E-state index in [0.29, 0.717) is 0 Å². The second-order valence-corrected chi connectivity index (χ2v) is 6.80. The van der Waals surface area contributed by atoms with Crippen LogP contribution in [0.3, 0.4) is 0 Å². The molecule has 1 fully saturated rings. The van der Waals surface area contributed by atoms with Crippen LogP contribution >= 0.6 is 15.9 Å². The van der Waals surface area contributed by atoms with Crippen LogP contribution in [0.4, 0.5) is 0 Å². The number of halogens is 1. The monoisotopic (exact) mass is 388 g/mol. The molecule has 24 heavy (non-hydrogen) atoms. The predicted octanol–water partition coefficient (Wildman–Crippen LogP) is 3.42. The van der Waals surface area contributed by atoms with Gasteiger partial charge in [0.2, 0.25) is 0 Å². The van der Waals surface area contributed by atoms with Crippen LogP contribution in [0.2, 0.25) is 0 Å². The van der Waals surface area contributed by atoms with Crippen LogP contribution in [0, 0.1) is 0 Å². The Morgan fingerprint density at radius 1 is 1.04 bits per heavy atom. The van der Waals surface area contributed by atoms with E-state index < -0.39 is 0 Å². The molecule has 0 aromatic heterocycles. The first-order chi connectivity index (χ1) is 11.7. The first-order valence-electron chi connectivity index (χ1n) is 8.06. The summed E-state index contributed by atoms with van der Waals surface area (Å²) in [4.78, 5) is 16.8. The average Bonchev–Trinajstić information content (AvgIpc) is 2.63. The molecule has 0 spiro atoms. The molecule has 0 saturated carbocycles. The fraction of sp³-hybridized carbons (Fsp3) is 0.316. The Morgan fingerprint density at radius 2 is 1.71 bits per heavy atom. The van der Waals surface area contributed by atoms with Crippen molar-refractivity contribution in [1.82, 2.24) is 9.80 Å². The number of amides is 1. The van der Waals surface area contributed by atoms with E-state index in [-0.39, 0.29) is 5.91 Å². The van der Waals surface area contributed by atoms with Crippen molar-refractivity contribution in [1.29, 1.82) is 0 Å². The van der Waals surface area contributed by atoms with Crippen molar-refractivity contribution < 1.29 is 9.53 Å². The highest BCUT2D eigenvalue weighted by atomic mass is 79.9. The Bertz CT molecular complexity index is 695. The summed E-state index contributed by atoms with van der Waals surface area (Å²) in [5, 5.41) is 0. The van der Waals surface area contributed by atoms with Crippen LogP contribution < -0.4 is 4.74 Å². The zero-order valence-electron chi connectivity index (χ0n) is 13.7. The largest absolute Gasteiger partial charge is 0.496 e. The first-order valence-corrected chi connectivity index (χ1v) is 8.86. The van der Waals surface area contributed by atoms with Crippen LogP contribution in [0.1, 0.15) is 15.9 Å². The van der Waals surface area contributed by atoms with Gasteiger partial charge in [-0.1, -0.05) is 34.1 Å². The van der Waals surface area contributed by atoms with Crippen LogP contribution in [0.5, 0.6) is 5.75 Å². The third-order valence-corrected chi connectivity index (χ3v) is 4.87. The smallest absolute Gasteiger partial charge is 0.253 e. The molecule has 0 atom stereocenters. The molecule has 1 aliphatic rings. The third-order valence-electron chi connectivity index (χ3n) is 4.34. The maximum absolute atomic E-state index is 12.5. The lowest BCUT2D eigenvalue weighted by Gasteiger charge is -2.35. The highest BCUT2D eigenvalue weighted by molar-refractivity contribution is 9.10. The first kappa shape index (κ1) is 17.0. The van der Waals surface area contributed by atoms with Crippen LogP contribution in [-0.2, 0) is 6.54 Å². The van der Waals surface area contributed by atoms with E-state index in [4.69, 9.17) is 4.74 Å². The summed E-state index contributed by atoms with van der Waals surface area (Å²) in [7, 11) is 1.70. The molecule has 0 radical (unpaired) electrons. The fourth-order valence-electron chi connectivity index (χ4n) is 2.96. The number of para-hydroxylation sites is 1. The molecule has 126 valence electrons. The van der Waals surface area contributed by atoms with Crippen LogP contribution in [0.15, 0.2) is 53.0 Å². The van der Waals surface area contributed by atoms with E-state index in [0.717, 1.165) is 48.5 Å². The van der Waals surface area contributed by atoms with Gasteiger partial charge in [-0.3, -0.25) is 9.69 Å². The van der Waals surface area contributed by atoms with Crippen LogP contribution in [-0.4, -0.2) is 49.0 Å². The maximum atomic E-state index is 12.5. The number of piperazine rings is 1. The Hall–Kier alpha value is -1.85. The summed E-state index contributed by atoms with van der Waals surface area (Å²) in [6.45, 7) is 4.11. The number of benzene rings is 2. The number of hydrogen-bond donors (Lipinski definition) is 0. The second-order valence-electron chi connectivity index (χ2n) is 5.89. The number of methoxy groups -OCH3 is 1. The highest BCUT2D eigenvalue weighted by Gasteiger charge is 2.22. The molecule has 0 bridgehead atoms. The molecule has 0 unspecified atom stereocenters. The van der Waals surface area contributed by atoms with E-state index in [1.165, 1.54) is 5.56 Å². The average molecular weight is 389 g/mol. The van der Waals surface area contributed by atoms with Gasteiger partial charge in [-0.25, -0.2) is 0 Å². The number of hydrogen-bond acceptors (Lipinski definition) is 3. The molecule has 3 rings (SSSR count). The topological polar surface area (TPSA) is 32.8 Å². The van der Waals surface area contributed by atoms with Gasteiger partial charge in [0, 0.05) is 48.3 Å². The summed E-state index contributed by atoms with van der Waals surface area (Å²) in [6.07, 6.45) is 0. The third kappa shape index (κ3) is 3.97. The summed E-state index contributed by atoms with van der Waals surface area (Å²) >= 11 is 3.40. The zero-order valence-corrected chi connectivity index (χ0v) is 15.3. The molecule has 0 N–H and O–H groups in total. The van der Waals surface area contributed by atoms with Crippen molar-refractivity contribution in [3.63, 3.8) is 0 Å². The van der Waals surface area contributed by atoms with Gasteiger partial charge in [-0.15, -0.1) is 0 Å². The molecule has 2 aromatic carbocycles. The Kier molecular flexibility index (Phi) is 5.53. The van der Waals surface area contributed by atoms with Gasteiger partial charge in [0.25, 0.3) is 5.91 Å². The molecule has 1 saturated heterocycles. The minimum atomic E-state index is 0.111. The lowest BCUT2D eigenvalue weighted by atomic mass is 10.1. The Morgan fingerprint density at radius 3 is 2.38 bits per heavy atom. The fourth-order valence-corrected chi connectivity index (χ4v) is 3.22. The molecular weight excluding hydrogens is 368 g/mol. The van der Waals surface area contributed by atoms with E-state index in [2.05, 4.69) is 26.9 Å². The van der Waals surface area contributed by atoms with Gasteiger partial charge in [0.1, 0.15) is 5.75 Å². The minimum Gasteiger partial charge on any atom is -0.496 e. The molecule has 1 amide bonds. The van der Waals surface area contributed by atoms with Gasteiger partial charge in [-0.2, -0.15) is 0 Å². The van der Waals surface area contributed by atoms with E-state index in [1.54, 1.807) is 7.11 Å². The van der Waals surface area contributed by atoms with Gasteiger partial charge in [-0.05, 0) is 30.3 Å².